The van der Waals surface area contributed by atoms with Crippen LogP contribution in [0.4, 0.5) is 0 Å². The molecule has 0 bridgehead atoms. The number of H-pyrrole nitrogens is 1. The van der Waals surface area contributed by atoms with E-state index in [9.17, 15) is 19.2 Å². The van der Waals surface area contributed by atoms with Crippen molar-refractivity contribution < 1.29 is 23.7 Å². The molecule has 11 nitrogen and oxygen atoms in total. The number of amides is 2. The Labute approximate surface area is 207 Å². The summed E-state index contributed by atoms with van der Waals surface area (Å²) in [6, 6.07) is 5.50. The van der Waals surface area contributed by atoms with E-state index in [0.717, 1.165) is 17.4 Å². The molecule has 0 saturated carbocycles. The van der Waals surface area contributed by atoms with Gasteiger partial charge >= 0.3 is 0 Å². The van der Waals surface area contributed by atoms with Crippen LogP contribution < -0.4 is 5.32 Å². The normalized spacial score (nSPS) is 15.6. The molecule has 1 aliphatic heterocycles. The van der Waals surface area contributed by atoms with Crippen molar-refractivity contribution >= 4 is 23.9 Å². The zero-order chi connectivity index (χ0) is 26.1. The summed E-state index contributed by atoms with van der Waals surface area (Å²) >= 11 is 0. The summed E-state index contributed by atoms with van der Waals surface area (Å²) in [5.74, 6) is -1.94. The molecule has 3 aromatic rings. The number of rotatable bonds is 7. The van der Waals surface area contributed by atoms with Gasteiger partial charge in [-0.05, 0) is 24.5 Å². The lowest BCUT2D eigenvalue weighted by Crippen LogP contribution is -2.53. The predicted molar refractivity (Wildman–Crippen MR) is 127 cm³/mol. The fourth-order valence-corrected chi connectivity index (χ4v) is 4.42. The number of benzene rings is 1. The second kappa shape index (κ2) is 9.57. The highest BCUT2D eigenvalue weighted by atomic mass is 16.5. The van der Waals surface area contributed by atoms with Crippen molar-refractivity contribution in [2.75, 3.05) is 13.1 Å². The Bertz CT molecular complexity index is 1310. The Morgan fingerprint density at radius 1 is 1.22 bits per heavy atom. The summed E-state index contributed by atoms with van der Waals surface area (Å²) in [6.07, 6.45) is 4.26. The van der Waals surface area contributed by atoms with E-state index in [0.29, 0.717) is 25.1 Å². The summed E-state index contributed by atoms with van der Waals surface area (Å²) in [6.45, 7) is 7.97. The lowest BCUT2D eigenvalue weighted by Gasteiger charge is -2.36. The molecule has 0 saturated heterocycles. The molecule has 4 rings (SSSR count). The highest BCUT2D eigenvalue weighted by molar-refractivity contribution is 6.17. The molecule has 0 unspecified atom stereocenters. The van der Waals surface area contributed by atoms with E-state index < -0.39 is 28.4 Å². The highest BCUT2D eigenvalue weighted by Gasteiger charge is 2.47. The summed E-state index contributed by atoms with van der Waals surface area (Å²) < 4.78 is 5.28. The second-order valence-corrected chi connectivity index (χ2v) is 10.1. The number of hydrogen-bond donors (Lipinski definition) is 2. The van der Waals surface area contributed by atoms with Gasteiger partial charge in [-0.2, -0.15) is 0 Å². The first-order chi connectivity index (χ1) is 17.0. The first-order valence-electron chi connectivity index (χ1n) is 11.6. The third-order valence-corrected chi connectivity index (χ3v) is 6.37. The van der Waals surface area contributed by atoms with E-state index in [2.05, 4.69) is 25.7 Å². The van der Waals surface area contributed by atoms with Gasteiger partial charge in [0, 0.05) is 48.3 Å². The van der Waals surface area contributed by atoms with Crippen molar-refractivity contribution in [1.82, 2.24) is 30.6 Å². The minimum atomic E-state index is -1.71. The molecule has 0 spiro atoms. The van der Waals surface area contributed by atoms with Gasteiger partial charge in [-0.3, -0.25) is 29.4 Å². The van der Waals surface area contributed by atoms with Crippen LogP contribution in [0, 0.1) is 5.41 Å². The Kier molecular flexibility index (Phi) is 6.68. The molecule has 0 fully saturated rings. The van der Waals surface area contributed by atoms with Crippen molar-refractivity contribution in [2.24, 2.45) is 5.41 Å². The number of carbonyl (C=O) groups is 4. The third kappa shape index (κ3) is 4.74. The number of imidazole rings is 1. The summed E-state index contributed by atoms with van der Waals surface area (Å²) in [4.78, 5) is 59.9. The Morgan fingerprint density at radius 3 is 2.67 bits per heavy atom. The number of ketones is 1. The van der Waals surface area contributed by atoms with Crippen molar-refractivity contribution in [3.05, 3.63) is 64.6 Å². The van der Waals surface area contributed by atoms with Gasteiger partial charge in [-0.25, -0.2) is 4.98 Å². The Hall–Kier alpha value is -3.99. The number of imide groups is 1. The number of aromatic nitrogens is 4. The number of carbonyl (C=O) groups excluding carboxylic acids is 4. The molecule has 188 valence electrons. The summed E-state index contributed by atoms with van der Waals surface area (Å²) in [5, 5.41) is 9.79. The maximum Gasteiger partial charge on any atom is 0.293 e. The molecule has 1 atom stereocenters. The number of nitrogens with zero attached hydrogens (tertiary/aromatic N) is 4. The van der Waals surface area contributed by atoms with Crippen LogP contribution in [0.2, 0.25) is 0 Å². The first-order valence-corrected chi connectivity index (χ1v) is 11.6. The molecule has 2 N–H and O–H groups in total. The molecule has 0 radical (unpaired) electrons. The van der Waals surface area contributed by atoms with Crippen molar-refractivity contribution in [3.63, 3.8) is 0 Å². The summed E-state index contributed by atoms with van der Waals surface area (Å²) in [7, 11) is 0. The molecular weight excluding hydrogens is 464 g/mol. The van der Waals surface area contributed by atoms with Gasteiger partial charge in [0.1, 0.15) is 11.7 Å². The largest absolute Gasteiger partial charge is 0.341 e. The van der Waals surface area contributed by atoms with Crippen LogP contribution >= 0.6 is 0 Å². The van der Waals surface area contributed by atoms with Gasteiger partial charge in [0.2, 0.25) is 11.7 Å². The van der Waals surface area contributed by atoms with Crippen LogP contribution in [0.1, 0.15) is 76.0 Å². The van der Waals surface area contributed by atoms with E-state index >= 15 is 0 Å². The van der Waals surface area contributed by atoms with Gasteiger partial charge in [0.05, 0.1) is 0 Å². The topological polar surface area (TPSA) is 151 Å². The number of aromatic amines is 1. The third-order valence-electron chi connectivity index (χ3n) is 6.37. The number of nitrogens with one attached hydrogen (secondary N) is 2. The highest BCUT2D eigenvalue weighted by Crippen LogP contribution is 2.32. The number of aldehydes is 1. The average Bonchev–Trinajstić information content (AvgIpc) is 3.55. The van der Waals surface area contributed by atoms with Crippen LogP contribution in [-0.2, 0) is 23.2 Å². The molecule has 2 aromatic heterocycles. The SMILES string of the molecule is CC(C)(C)c1onnc1C(=O)[C@](C)(CN1CCc2c(C=O)cccc2C1)C(=O)NC(=O)c1ncc[nH]1. The molecule has 1 aromatic carbocycles. The maximum absolute atomic E-state index is 13.9. The minimum Gasteiger partial charge on any atom is -0.341 e. The molecule has 0 aliphatic carbocycles. The van der Waals surface area contributed by atoms with E-state index in [4.69, 9.17) is 4.52 Å². The second-order valence-electron chi connectivity index (χ2n) is 10.1. The smallest absolute Gasteiger partial charge is 0.293 e. The van der Waals surface area contributed by atoms with Gasteiger partial charge in [0.15, 0.2) is 17.3 Å². The van der Waals surface area contributed by atoms with Crippen LogP contribution in [-0.4, -0.2) is 62.2 Å². The van der Waals surface area contributed by atoms with Crippen molar-refractivity contribution in [1.29, 1.82) is 0 Å². The van der Waals surface area contributed by atoms with Crippen LogP contribution in [0.15, 0.2) is 35.1 Å². The Balaban J connectivity index is 1.67. The first kappa shape index (κ1) is 25.1. The maximum atomic E-state index is 13.9. The van der Waals surface area contributed by atoms with Crippen LogP contribution in [0.3, 0.4) is 0 Å². The van der Waals surface area contributed by atoms with E-state index in [1.54, 1.807) is 6.07 Å². The van der Waals surface area contributed by atoms with E-state index in [1.165, 1.54) is 19.3 Å². The molecule has 36 heavy (non-hydrogen) atoms. The van der Waals surface area contributed by atoms with Gasteiger partial charge in [-0.15, -0.1) is 5.10 Å². The van der Waals surface area contributed by atoms with Crippen LogP contribution in [0.5, 0.6) is 0 Å². The standard InChI is InChI=1S/C25H28N6O5/c1-24(2,3)20-18(29-30-36-20)19(33)25(4,23(35)28-22(34)21-26-9-10-27-21)14-31-11-8-17-15(12-31)6-5-7-16(17)13-32/h5-7,9-10,13H,8,11-12,14H2,1-4H3,(H,26,27)(H,28,34,35)/t25-/m0/s1. The number of hydrogen-bond acceptors (Lipinski definition) is 9. The van der Waals surface area contributed by atoms with Gasteiger partial charge < -0.3 is 9.51 Å². The van der Waals surface area contributed by atoms with E-state index in [1.807, 2.05) is 37.8 Å². The number of fused-ring (bicyclic) bond motifs is 1. The fourth-order valence-electron chi connectivity index (χ4n) is 4.42. The molecule has 2 amide bonds. The van der Waals surface area contributed by atoms with Crippen molar-refractivity contribution in [3.8, 4) is 0 Å². The average molecular weight is 493 g/mol. The lowest BCUT2D eigenvalue weighted by atomic mass is 9.79. The number of Topliss-reactive ketones (excluding diaryl/α,β-unsaturated/α-hetero) is 1. The molecular formula is C25H28N6O5. The zero-order valence-electron chi connectivity index (χ0n) is 20.6. The zero-order valence-corrected chi connectivity index (χ0v) is 20.6. The van der Waals surface area contributed by atoms with Crippen LogP contribution in [0.25, 0.3) is 0 Å². The Morgan fingerprint density at radius 2 is 2.00 bits per heavy atom. The molecule has 3 heterocycles. The van der Waals surface area contributed by atoms with Crippen molar-refractivity contribution in [2.45, 2.75) is 46.1 Å². The quantitative estimate of drug-likeness (QED) is 0.287. The molecule has 11 heteroatoms. The monoisotopic (exact) mass is 492 g/mol. The fraction of sp³-hybridized carbons (Fsp3) is 0.400. The van der Waals surface area contributed by atoms with E-state index in [-0.39, 0.29) is 23.8 Å². The summed E-state index contributed by atoms with van der Waals surface area (Å²) in [5.41, 5.74) is 0.199. The molecule has 1 aliphatic rings. The van der Waals surface area contributed by atoms with Gasteiger partial charge in [-0.1, -0.05) is 39.0 Å². The lowest BCUT2D eigenvalue weighted by molar-refractivity contribution is -0.127. The predicted octanol–water partition coefficient (Wildman–Crippen LogP) is 2.11. The minimum absolute atomic E-state index is 0.00427. The van der Waals surface area contributed by atoms with Gasteiger partial charge in [0.25, 0.3) is 5.91 Å².